The number of ether oxygens (including phenoxy) is 1. The number of aromatic amines is 1. The van der Waals surface area contributed by atoms with E-state index in [-0.39, 0.29) is 35.8 Å². The van der Waals surface area contributed by atoms with Crippen LogP contribution in [0.3, 0.4) is 0 Å². The van der Waals surface area contributed by atoms with Crippen LogP contribution in [0.15, 0.2) is 12.4 Å². The van der Waals surface area contributed by atoms with Crippen LogP contribution in [0.5, 0.6) is 5.75 Å². The van der Waals surface area contributed by atoms with E-state index in [2.05, 4.69) is 16.9 Å². The molecule has 0 spiro atoms. The van der Waals surface area contributed by atoms with Crippen molar-refractivity contribution in [3.8, 4) is 5.75 Å². The third kappa shape index (κ3) is 4.29. The molecule has 2 fully saturated rings. The first-order valence-corrected chi connectivity index (χ1v) is 11.4. The minimum Gasteiger partial charge on any atom is -0.486 e. The molecule has 2 saturated heterocycles. The van der Waals surface area contributed by atoms with E-state index in [9.17, 15) is 9.90 Å². The second-order valence-corrected chi connectivity index (χ2v) is 10.3. The maximum atomic E-state index is 15.2. The van der Waals surface area contributed by atoms with Crippen molar-refractivity contribution in [2.45, 2.75) is 96.4 Å². The lowest BCUT2D eigenvalue weighted by Crippen LogP contribution is -2.60. The van der Waals surface area contributed by atoms with E-state index in [0.717, 1.165) is 18.4 Å². The van der Waals surface area contributed by atoms with Crippen molar-refractivity contribution >= 4 is 16.9 Å². The fourth-order valence-corrected chi connectivity index (χ4v) is 5.68. The lowest BCUT2D eigenvalue weighted by atomic mass is 9.73. The highest BCUT2D eigenvalue weighted by molar-refractivity contribution is 5.84. The fraction of sp³-hybridized carbons (Fsp3) is 0.667. The van der Waals surface area contributed by atoms with Gasteiger partial charge in [0.1, 0.15) is 5.65 Å². The number of carbonyl (C=O) groups is 1. The van der Waals surface area contributed by atoms with Crippen LogP contribution in [0.4, 0.5) is 4.39 Å². The first-order valence-electron chi connectivity index (χ1n) is 11.4. The smallest absolute Gasteiger partial charge is 0.223 e. The highest BCUT2D eigenvalue weighted by atomic mass is 19.1. The summed E-state index contributed by atoms with van der Waals surface area (Å²) in [6.45, 7) is 9.75. The van der Waals surface area contributed by atoms with Crippen molar-refractivity contribution in [3.63, 3.8) is 0 Å². The average molecular weight is 432 g/mol. The van der Waals surface area contributed by atoms with Gasteiger partial charge >= 0.3 is 0 Å². The Balaban J connectivity index is 1.56. The molecule has 170 valence electrons. The van der Waals surface area contributed by atoms with Crippen LogP contribution in [0.25, 0.3) is 11.0 Å². The van der Waals surface area contributed by atoms with Crippen molar-refractivity contribution in [3.05, 3.63) is 23.8 Å². The summed E-state index contributed by atoms with van der Waals surface area (Å²) in [7, 11) is 0. The summed E-state index contributed by atoms with van der Waals surface area (Å²) in [4.78, 5) is 22.7. The molecule has 0 aliphatic carbocycles. The summed E-state index contributed by atoms with van der Waals surface area (Å²) in [5.74, 6) is 0.160. The van der Waals surface area contributed by atoms with Gasteiger partial charge in [-0.1, -0.05) is 13.8 Å². The van der Waals surface area contributed by atoms with Gasteiger partial charge in [-0.25, -0.2) is 9.37 Å². The van der Waals surface area contributed by atoms with Gasteiger partial charge in [0.05, 0.1) is 23.3 Å². The number of rotatable bonds is 5. The van der Waals surface area contributed by atoms with Crippen LogP contribution in [0.2, 0.25) is 0 Å². The molecule has 2 aromatic heterocycles. The molecule has 0 saturated carbocycles. The van der Waals surface area contributed by atoms with Crippen LogP contribution in [-0.4, -0.2) is 49.7 Å². The molecule has 1 amide bonds. The molecule has 4 rings (SSSR count). The van der Waals surface area contributed by atoms with E-state index < -0.39 is 11.4 Å². The van der Waals surface area contributed by atoms with E-state index in [1.54, 1.807) is 6.20 Å². The molecule has 6 nitrogen and oxygen atoms in total. The number of piperidine rings is 2. The molecule has 7 heteroatoms. The molecular formula is C24H34FN3O3. The van der Waals surface area contributed by atoms with Crippen molar-refractivity contribution in [2.75, 3.05) is 0 Å². The Labute approximate surface area is 183 Å². The second kappa shape index (κ2) is 8.08. The Morgan fingerprint density at radius 2 is 2.00 bits per heavy atom. The van der Waals surface area contributed by atoms with E-state index in [0.29, 0.717) is 36.2 Å². The highest BCUT2D eigenvalue weighted by Crippen LogP contribution is 2.42. The van der Waals surface area contributed by atoms with Crippen molar-refractivity contribution < 1.29 is 19.0 Å². The van der Waals surface area contributed by atoms with Gasteiger partial charge in [0.15, 0.2) is 11.6 Å². The van der Waals surface area contributed by atoms with Crippen LogP contribution in [0, 0.1) is 11.7 Å². The molecule has 2 aromatic rings. The molecule has 2 bridgehead atoms. The van der Waals surface area contributed by atoms with Gasteiger partial charge in [-0.15, -0.1) is 0 Å². The normalized spacial score (nSPS) is 29.4. The first-order chi connectivity index (χ1) is 14.6. The fourth-order valence-electron chi connectivity index (χ4n) is 5.68. The number of fused-ring (bicyclic) bond motifs is 3. The Morgan fingerprint density at radius 1 is 1.35 bits per heavy atom. The van der Waals surface area contributed by atoms with E-state index >= 15 is 4.39 Å². The minimum atomic E-state index is -0.712. The van der Waals surface area contributed by atoms with Crippen LogP contribution in [0.1, 0.15) is 78.2 Å². The van der Waals surface area contributed by atoms with Gasteiger partial charge in [0, 0.05) is 24.7 Å². The second-order valence-electron chi connectivity index (χ2n) is 10.3. The zero-order valence-corrected chi connectivity index (χ0v) is 19.1. The molecule has 0 radical (unpaired) electrons. The summed E-state index contributed by atoms with van der Waals surface area (Å²) < 4.78 is 20.7. The Morgan fingerprint density at radius 3 is 2.61 bits per heavy atom. The number of aliphatic hydroxyl groups is 1. The number of hydrogen-bond acceptors (Lipinski definition) is 4. The monoisotopic (exact) mass is 431 g/mol. The standard InChI is InChI=1S/C24H34FN3O3/c1-13(2)31-19-12-27-23-21(22(19)25)18(11-26-23)15(4)8-20(29)28-16-6-14(3)7-17(28)10-24(5,30)9-16/h11-17,30H,6-10H2,1-5H3,(H,26,27). The van der Waals surface area contributed by atoms with Gasteiger partial charge in [0.2, 0.25) is 5.91 Å². The molecular weight excluding hydrogens is 397 g/mol. The molecule has 4 heterocycles. The van der Waals surface area contributed by atoms with Crippen LogP contribution in [-0.2, 0) is 4.79 Å². The van der Waals surface area contributed by atoms with Crippen LogP contribution < -0.4 is 4.74 Å². The average Bonchev–Trinajstić information content (AvgIpc) is 3.06. The molecule has 3 unspecified atom stereocenters. The molecule has 2 aliphatic rings. The molecule has 2 N–H and O–H groups in total. The van der Waals surface area contributed by atoms with Gasteiger partial charge < -0.3 is 19.7 Å². The number of amides is 1. The van der Waals surface area contributed by atoms with Crippen molar-refractivity contribution in [2.24, 2.45) is 5.92 Å². The Hall–Kier alpha value is -2.15. The maximum Gasteiger partial charge on any atom is 0.223 e. The number of halogens is 1. The van der Waals surface area contributed by atoms with E-state index in [4.69, 9.17) is 4.74 Å². The van der Waals surface area contributed by atoms with Gasteiger partial charge in [0.25, 0.3) is 0 Å². The molecule has 0 aromatic carbocycles. The Bertz CT molecular complexity index is 952. The van der Waals surface area contributed by atoms with Crippen molar-refractivity contribution in [1.29, 1.82) is 0 Å². The SMILES string of the molecule is CC1CC2CC(C)(O)CC(C1)N2C(=O)CC(C)c1c[nH]c2ncc(OC(C)C)c(F)c12. The molecule has 3 atom stereocenters. The summed E-state index contributed by atoms with van der Waals surface area (Å²) in [6.07, 6.45) is 6.38. The summed E-state index contributed by atoms with van der Waals surface area (Å²) in [5.41, 5.74) is 0.490. The lowest BCUT2D eigenvalue weighted by Gasteiger charge is -2.53. The minimum absolute atomic E-state index is 0.0737. The summed E-state index contributed by atoms with van der Waals surface area (Å²) in [6, 6.07) is 0.147. The largest absolute Gasteiger partial charge is 0.486 e. The van der Waals surface area contributed by atoms with Crippen LogP contribution >= 0.6 is 0 Å². The van der Waals surface area contributed by atoms with Crippen molar-refractivity contribution in [1.82, 2.24) is 14.9 Å². The number of nitrogens with zero attached hydrogens (tertiary/aromatic N) is 2. The first kappa shape index (κ1) is 22.1. The van der Waals surface area contributed by atoms with Gasteiger partial charge in [-0.2, -0.15) is 0 Å². The quantitative estimate of drug-likeness (QED) is 0.729. The highest BCUT2D eigenvalue weighted by Gasteiger charge is 2.46. The number of H-pyrrole nitrogens is 1. The zero-order valence-electron chi connectivity index (χ0n) is 19.1. The third-order valence-corrected chi connectivity index (χ3v) is 6.79. The summed E-state index contributed by atoms with van der Waals surface area (Å²) in [5, 5.41) is 11.0. The number of carbonyl (C=O) groups excluding carboxylic acids is 1. The number of aromatic nitrogens is 2. The topological polar surface area (TPSA) is 78.5 Å². The third-order valence-electron chi connectivity index (χ3n) is 6.79. The number of nitrogens with one attached hydrogen (secondary N) is 1. The van der Waals surface area contributed by atoms with E-state index in [1.165, 1.54) is 6.20 Å². The lowest BCUT2D eigenvalue weighted by molar-refractivity contribution is -0.152. The van der Waals surface area contributed by atoms with Gasteiger partial charge in [-0.05, 0) is 63.9 Å². The molecule has 31 heavy (non-hydrogen) atoms. The maximum absolute atomic E-state index is 15.2. The Kier molecular flexibility index (Phi) is 5.75. The summed E-state index contributed by atoms with van der Waals surface area (Å²) >= 11 is 0. The van der Waals surface area contributed by atoms with E-state index in [1.807, 2.05) is 32.6 Å². The predicted molar refractivity (Wildman–Crippen MR) is 118 cm³/mol. The number of pyridine rings is 1. The number of hydrogen-bond donors (Lipinski definition) is 2. The predicted octanol–water partition coefficient (Wildman–Crippen LogP) is 4.52. The zero-order chi connectivity index (χ0) is 22.5. The van der Waals surface area contributed by atoms with Gasteiger partial charge in [-0.3, -0.25) is 4.79 Å². The molecule has 2 aliphatic heterocycles.